The summed E-state index contributed by atoms with van der Waals surface area (Å²) in [5, 5.41) is 0. The summed E-state index contributed by atoms with van der Waals surface area (Å²) < 4.78 is 10.3. The van der Waals surface area contributed by atoms with E-state index >= 15 is 0 Å². The van der Waals surface area contributed by atoms with Gasteiger partial charge in [0.1, 0.15) is 6.61 Å². The van der Waals surface area contributed by atoms with Crippen LogP contribution in [0.5, 0.6) is 0 Å². The van der Waals surface area contributed by atoms with Gasteiger partial charge >= 0.3 is 5.97 Å². The van der Waals surface area contributed by atoms with Crippen LogP contribution in [0.4, 0.5) is 0 Å². The van der Waals surface area contributed by atoms with E-state index in [0.29, 0.717) is 25.3 Å². The Kier molecular flexibility index (Phi) is 6.72. The van der Waals surface area contributed by atoms with E-state index in [0.717, 1.165) is 32.8 Å². The molecule has 1 saturated heterocycles. The second kappa shape index (κ2) is 7.91. The number of halogens is 1. The summed E-state index contributed by atoms with van der Waals surface area (Å²) in [4.78, 5) is 13.4. The highest BCUT2D eigenvalue weighted by molar-refractivity contribution is 6.17. The maximum atomic E-state index is 11.1. The molecular formula is C10H18ClNO3. The monoisotopic (exact) mass is 235 g/mol. The van der Waals surface area contributed by atoms with Crippen molar-refractivity contribution in [3.63, 3.8) is 0 Å². The molecule has 88 valence electrons. The SMILES string of the molecule is O=C(CCCCl)OCCN1CCOCC1. The quantitative estimate of drug-likeness (QED) is 0.506. The fourth-order valence-corrected chi connectivity index (χ4v) is 1.53. The van der Waals surface area contributed by atoms with Gasteiger partial charge in [0, 0.05) is 31.9 Å². The molecule has 0 aromatic rings. The molecule has 0 aliphatic carbocycles. The molecule has 0 unspecified atom stereocenters. The highest BCUT2D eigenvalue weighted by atomic mass is 35.5. The number of esters is 1. The fourth-order valence-electron chi connectivity index (χ4n) is 1.40. The van der Waals surface area contributed by atoms with E-state index in [4.69, 9.17) is 21.1 Å². The lowest BCUT2D eigenvalue weighted by Crippen LogP contribution is -2.38. The first-order valence-corrected chi connectivity index (χ1v) is 5.88. The first-order chi connectivity index (χ1) is 7.33. The van der Waals surface area contributed by atoms with Gasteiger partial charge in [-0.1, -0.05) is 0 Å². The van der Waals surface area contributed by atoms with Crippen LogP contribution < -0.4 is 0 Å². The third-order valence-electron chi connectivity index (χ3n) is 2.29. The Morgan fingerprint density at radius 2 is 2.13 bits per heavy atom. The summed E-state index contributed by atoms with van der Waals surface area (Å²) in [6.45, 7) is 4.69. The lowest BCUT2D eigenvalue weighted by Gasteiger charge is -2.26. The fraction of sp³-hybridized carbons (Fsp3) is 0.900. The van der Waals surface area contributed by atoms with Gasteiger partial charge in [0.05, 0.1) is 13.2 Å². The van der Waals surface area contributed by atoms with Gasteiger partial charge < -0.3 is 9.47 Å². The number of carbonyl (C=O) groups is 1. The van der Waals surface area contributed by atoms with Gasteiger partial charge in [-0.05, 0) is 6.42 Å². The Morgan fingerprint density at radius 1 is 1.40 bits per heavy atom. The Labute approximate surface area is 95.5 Å². The molecule has 4 nitrogen and oxygen atoms in total. The topological polar surface area (TPSA) is 38.8 Å². The Balaban J connectivity index is 1.97. The highest BCUT2D eigenvalue weighted by Gasteiger charge is 2.10. The van der Waals surface area contributed by atoms with Crippen molar-refractivity contribution in [3.8, 4) is 0 Å². The largest absolute Gasteiger partial charge is 0.464 e. The van der Waals surface area contributed by atoms with E-state index in [1.54, 1.807) is 0 Å². The predicted molar refractivity (Wildman–Crippen MR) is 58.2 cm³/mol. The minimum atomic E-state index is -0.149. The van der Waals surface area contributed by atoms with Crippen molar-refractivity contribution >= 4 is 17.6 Å². The lowest BCUT2D eigenvalue weighted by molar-refractivity contribution is -0.144. The van der Waals surface area contributed by atoms with Gasteiger partial charge in [0.25, 0.3) is 0 Å². The van der Waals surface area contributed by atoms with E-state index < -0.39 is 0 Å². The molecule has 0 bridgehead atoms. The maximum absolute atomic E-state index is 11.1. The molecule has 1 fully saturated rings. The number of rotatable bonds is 6. The van der Waals surface area contributed by atoms with Crippen LogP contribution in [0.2, 0.25) is 0 Å². The molecule has 5 heteroatoms. The van der Waals surface area contributed by atoms with Gasteiger partial charge in [-0.3, -0.25) is 9.69 Å². The third-order valence-corrected chi connectivity index (χ3v) is 2.56. The van der Waals surface area contributed by atoms with Crippen LogP contribution in [-0.2, 0) is 14.3 Å². The second-order valence-corrected chi connectivity index (χ2v) is 3.84. The molecule has 0 N–H and O–H groups in total. The molecule has 15 heavy (non-hydrogen) atoms. The van der Waals surface area contributed by atoms with Crippen molar-refractivity contribution in [1.82, 2.24) is 4.90 Å². The van der Waals surface area contributed by atoms with Gasteiger partial charge in [-0.2, -0.15) is 0 Å². The molecule has 0 saturated carbocycles. The summed E-state index contributed by atoms with van der Waals surface area (Å²) in [6, 6.07) is 0. The van der Waals surface area contributed by atoms with E-state index in [9.17, 15) is 4.79 Å². The Hall–Kier alpha value is -0.320. The number of alkyl halides is 1. The molecule has 1 aliphatic rings. The van der Waals surface area contributed by atoms with E-state index in [1.807, 2.05) is 0 Å². The van der Waals surface area contributed by atoms with Crippen molar-refractivity contribution in [2.75, 3.05) is 45.3 Å². The summed E-state index contributed by atoms with van der Waals surface area (Å²) in [5.41, 5.74) is 0. The van der Waals surface area contributed by atoms with Crippen LogP contribution in [-0.4, -0.2) is 56.2 Å². The Morgan fingerprint density at radius 3 is 2.80 bits per heavy atom. The standard InChI is InChI=1S/C10H18ClNO3/c11-3-1-2-10(13)15-9-6-12-4-7-14-8-5-12/h1-9H2. The number of hydrogen-bond donors (Lipinski definition) is 0. The zero-order valence-corrected chi connectivity index (χ0v) is 9.67. The van der Waals surface area contributed by atoms with Gasteiger partial charge in [-0.15, -0.1) is 11.6 Å². The zero-order chi connectivity index (χ0) is 10.9. The molecule has 0 amide bonds. The molecular weight excluding hydrogens is 218 g/mol. The van der Waals surface area contributed by atoms with Crippen molar-refractivity contribution in [3.05, 3.63) is 0 Å². The van der Waals surface area contributed by atoms with Crippen LogP contribution in [0.1, 0.15) is 12.8 Å². The highest BCUT2D eigenvalue weighted by Crippen LogP contribution is 1.98. The van der Waals surface area contributed by atoms with Crippen LogP contribution in [0.3, 0.4) is 0 Å². The predicted octanol–water partition coefficient (Wildman–Crippen LogP) is 0.881. The molecule has 1 heterocycles. The number of ether oxygens (including phenoxy) is 2. The molecule has 0 aromatic heterocycles. The molecule has 1 aliphatic heterocycles. The smallest absolute Gasteiger partial charge is 0.305 e. The van der Waals surface area contributed by atoms with Crippen molar-refractivity contribution in [2.45, 2.75) is 12.8 Å². The molecule has 0 spiro atoms. The van der Waals surface area contributed by atoms with Crippen molar-refractivity contribution in [1.29, 1.82) is 0 Å². The summed E-state index contributed by atoms with van der Waals surface area (Å²) in [6.07, 6.45) is 1.12. The molecule has 1 rings (SSSR count). The van der Waals surface area contributed by atoms with Crippen LogP contribution in [0.15, 0.2) is 0 Å². The molecule has 0 aromatic carbocycles. The van der Waals surface area contributed by atoms with Crippen molar-refractivity contribution in [2.24, 2.45) is 0 Å². The zero-order valence-electron chi connectivity index (χ0n) is 8.91. The number of carbonyl (C=O) groups excluding carboxylic acids is 1. The van der Waals surface area contributed by atoms with Crippen molar-refractivity contribution < 1.29 is 14.3 Å². The first-order valence-electron chi connectivity index (χ1n) is 5.34. The van der Waals surface area contributed by atoms with Gasteiger partial charge in [-0.25, -0.2) is 0 Å². The number of nitrogens with zero attached hydrogens (tertiary/aromatic N) is 1. The Bertz CT molecular complexity index is 184. The third kappa shape index (κ3) is 5.97. The molecule has 0 radical (unpaired) electrons. The van der Waals surface area contributed by atoms with Crippen LogP contribution in [0.25, 0.3) is 0 Å². The average molecular weight is 236 g/mol. The summed E-state index contributed by atoms with van der Waals surface area (Å²) in [7, 11) is 0. The van der Waals surface area contributed by atoms with E-state index in [2.05, 4.69) is 4.90 Å². The number of hydrogen-bond acceptors (Lipinski definition) is 4. The van der Waals surface area contributed by atoms with Crippen LogP contribution in [0, 0.1) is 0 Å². The first kappa shape index (κ1) is 12.7. The van der Waals surface area contributed by atoms with E-state index in [1.165, 1.54) is 0 Å². The maximum Gasteiger partial charge on any atom is 0.305 e. The summed E-state index contributed by atoms with van der Waals surface area (Å²) >= 11 is 5.47. The average Bonchev–Trinajstić information content (AvgIpc) is 2.28. The minimum Gasteiger partial charge on any atom is -0.464 e. The molecule has 0 atom stereocenters. The number of morpholine rings is 1. The minimum absolute atomic E-state index is 0.149. The summed E-state index contributed by atoms with van der Waals surface area (Å²) in [5.74, 6) is 0.363. The van der Waals surface area contributed by atoms with Gasteiger partial charge in [0.15, 0.2) is 0 Å². The lowest BCUT2D eigenvalue weighted by atomic mass is 10.3. The van der Waals surface area contributed by atoms with Crippen LogP contribution >= 0.6 is 11.6 Å². The van der Waals surface area contributed by atoms with E-state index in [-0.39, 0.29) is 5.97 Å². The second-order valence-electron chi connectivity index (χ2n) is 3.47. The normalized spacial score (nSPS) is 17.7. The van der Waals surface area contributed by atoms with Gasteiger partial charge in [0.2, 0.25) is 0 Å².